The van der Waals surface area contributed by atoms with Crippen LogP contribution in [0.25, 0.3) is 22.2 Å². The van der Waals surface area contributed by atoms with Crippen molar-refractivity contribution in [2.24, 2.45) is 0 Å². The first-order valence-electron chi connectivity index (χ1n) is 15.3. The van der Waals surface area contributed by atoms with Gasteiger partial charge in [0, 0.05) is 31.2 Å². The third-order valence-corrected chi connectivity index (χ3v) is 9.69. The van der Waals surface area contributed by atoms with E-state index in [4.69, 9.17) is 31.8 Å². The fourth-order valence-corrected chi connectivity index (χ4v) is 6.83. The van der Waals surface area contributed by atoms with Crippen LogP contribution in [0.2, 0.25) is 5.02 Å². The molecule has 0 saturated carbocycles. The molecule has 46 heavy (non-hydrogen) atoms. The predicted molar refractivity (Wildman–Crippen MR) is 169 cm³/mol. The first kappa shape index (κ1) is 32.3. The van der Waals surface area contributed by atoms with Gasteiger partial charge in [0.1, 0.15) is 24.8 Å². The minimum absolute atomic E-state index is 0.00735. The highest BCUT2D eigenvalue weighted by Gasteiger charge is 2.40. The van der Waals surface area contributed by atoms with Crippen molar-refractivity contribution in [2.45, 2.75) is 51.0 Å². The second kappa shape index (κ2) is 12.2. The Morgan fingerprint density at radius 1 is 1.22 bits per heavy atom. The number of likely N-dealkylation sites (tertiary alicyclic amines) is 1. The minimum Gasteiger partial charge on any atom is -0.489 e. The molecular weight excluding hydrogens is 625 g/mol. The molecule has 0 radical (unpaired) electrons. The Bertz CT molecular complexity index is 1670. The van der Waals surface area contributed by atoms with Crippen molar-refractivity contribution in [3.05, 3.63) is 28.3 Å². The van der Waals surface area contributed by atoms with Gasteiger partial charge in [-0.15, -0.1) is 0 Å². The third-order valence-electron chi connectivity index (χ3n) is 9.31. The molecule has 2 fully saturated rings. The number of alkyl halides is 3. The number of halogens is 4. The van der Waals surface area contributed by atoms with Gasteiger partial charge in [-0.25, -0.2) is 4.98 Å². The maximum atomic E-state index is 14.4. The van der Waals surface area contributed by atoms with Gasteiger partial charge in [-0.3, -0.25) is 9.69 Å². The van der Waals surface area contributed by atoms with E-state index in [1.807, 2.05) is 33.0 Å². The van der Waals surface area contributed by atoms with Crippen LogP contribution in [-0.2, 0) is 11.0 Å². The zero-order valence-electron chi connectivity index (χ0n) is 26.5. The molecule has 3 aliphatic heterocycles. The second-order valence-corrected chi connectivity index (χ2v) is 12.9. The number of ether oxygens (including phenoxy) is 2. The summed E-state index contributed by atoms with van der Waals surface area (Å²) in [5.41, 5.74) is 4.79. The molecule has 0 spiro atoms. The van der Waals surface area contributed by atoms with E-state index in [1.54, 1.807) is 4.90 Å². The zero-order valence-corrected chi connectivity index (χ0v) is 27.2. The van der Waals surface area contributed by atoms with Gasteiger partial charge < -0.3 is 29.9 Å². The average Bonchev–Trinajstić information content (AvgIpc) is 3.33. The molecule has 0 unspecified atom stereocenters. The van der Waals surface area contributed by atoms with Crippen LogP contribution in [0.1, 0.15) is 30.9 Å². The number of benzene rings is 1. The van der Waals surface area contributed by atoms with Gasteiger partial charge >= 0.3 is 12.2 Å². The Balaban J connectivity index is 1.49. The summed E-state index contributed by atoms with van der Waals surface area (Å²) in [6, 6.07) is 2.30. The summed E-state index contributed by atoms with van der Waals surface area (Å²) >= 11 is 6.93. The standard InChI is InChI=1S/C31H38ClF3N8O3/c1-16-11-22(36)38-26(24(16)31(33,34)35)20-12-21-23-27(25(20)32)45-15-19-13-42(29(44)17(2)40(3)4)9-10-43(19)28(23)39-30(37-21)46-14-18-7-6-8-41(18)5/h11-12,17-19H,6-10,13-15H2,1-5H3,(H2,36,38)/t17-,18-,19-/m0/s1. The van der Waals surface area contributed by atoms with Crippen molar-refractivity contribution in [1.29, 1.82) is 0 Å². The average molecular weight is 663 g/mol. The van der Waals surface area contributed by atoms with E-state index in [0.29, 0.717) is 43.0 Å². The maximum Gasteiger partial charge on any atom is 0.418 e. The van der Waals surface area contributed by atoms with E-state index in [9.17, 15) is 18.0 Å². The molecule has 6 rings (SSSR count). The number of likely N-dealkylation sites (N-methyl/N-ethyl adjacent to an activating group) is 2. The number of hydrogen-bond acceptors (Lipinski definition) is 10. The molecule has 1 amide bonds. The Hall–Kier alpha value is -3.62. The van der Waals surface area contributed by atoms with Crippen molar-refractivity contribution in [1.82, 2.24) is 29.7 Å². The van der Waals surface area contributed by atoms with Crippen LogP contribution in [0.3, 0.4) is 0 Å². The van der Waals surface area contributed by atoms with E-state index in [-0.39, 0.29) is 64.4 Å². The summed E-state index contributed by atoms with van der Waals surface area (Å²) in [6.07, 6.45) is -2.70. The molecule has 0 bridgehead atoms. The van der Waals surface area contributed by atoms with Crippen LogP contribution in [0.15, 0.2) is 12.1 Å². The first-order chi connectivity index (χ1) is 21.7. The number of nitrogens with two attached hydrogens (primary N) is 1. The Kier molecular flexibility index (Phi) is 8.57. The van der Waals surface area contributed by atoms with Crippen molar-refractivity contribution in [3.8, 4) is 23.0 Å². The van der Waals surface area contributed by atoms with Crippen molar-refractivity contribution in [2.75, 3.05) is 71.2 Å². The monoisotopic (exact) mass is 662 g/mol. The number of nitrogen functional groups attached to an aromatic ring is 1. The summed E-state index contributed by atoms with van der Waals surface area (Å²) in [7, 11) is 5.75. The molecule has 1 aromatic carbocycles. The van der Waals surface area contributed by atoms with E-state index in [2.05, 4.69) is 19.8 Å². The fraction of sp³-hybridized carbons (Fsp3) is 0.548. The largest absolute Gasteiger partial charge is 0.489 e. The summed E-state index contributed by atoms with van der Waals surface area (Å²) in [6.45, 7) is 5.87. The van der Waals surface area contributed by atoms with Crippen LogP contribution in [0.5, 0.6) is 11.8 Å². The lowest BCUT2D eigenvalue weighted by Gasteiger charge is -2.42. The minimum atomic E-state index is -4.73. The lowest BCUT2D eigenvalue weighted by atomic mass is 9.99. The molecule has 2 aromatic heterocycles. The normalized spacial score (nSPS) is 20.9. The molecule has 15 heteroatoms. The number of amides is 1. The Labute approximate surface area is 270 Å². The molecule has 3 aromatic rings. The number of nitrogens with zero attached hydrogens (tertiary/aromatic N) is 7. The number of rotatable bonds is 6. The van der Waals surface area contributed by atoms with Crippen molar-refractivity contribution >= 4 is 40.0 Å². The lowest BCUT2D eigenvalue weighted by Crippen LogP contribution is -2.59. The number of aryl methyl sites for hydroxylation is 1. The number of carbonyl (C=O) groups is 1. The quantitative estimate of drug-likeness (QED) is 0.414. The fourth-order valence-electron chi connectivity index (χ4n) is 6.53. The number of pyridine rings is 1. The highest BCUT2D eigenvalue weighted by Crippen LogP contribution is 2.49. The molecule has 2 saturated heterocycles. The van der Waals surface area contributed by atoms with E-state index in [0.717, 1.165) is 19.4 Å². The van der Waals surface area contributed by atoms with Gasteiger partial charge in [0.25, 0.3) is 0 Å². The zero-order chi connectivity index (χ0) is 33.1. The van der Waals surface area contributed by atoms with Crippen LogP contribution in [-0.4, -0.2) is 114 Å². The second-order valence-electron chi connectivity index (χ2n) is 12.5. The number of fused-ring (bicyclic) bond motifs is 2. The van der Waals surface area contributed by atoms with E-state index in [1.165, 1.54) is 19.1 Å². The first-order valence-corrected chi connectivity index (χ1v) is 15.7. The molecule has 3 aliphatic rings. The Morgan fingerprint density at radius 3 is 2.65 bits per heavy atom. The number of anilines is 2. The Morgan fingerprint density at radius 2 is 1.98 bits per heavy atom. The summed E-state index contributed by atoms with van der Waals surface area (Å²) in [5.74, 6) is 0.554. The molecular formula is C31H38ClF3N8O3. The highest BCUT2D eigenvalue weighted by molar-refractivity contribution is 6.36. The van der Waals surface area contributed by atoms with Gasteiger partial charge in [0.15, 0.2) is 5.75 Å². The molecule has 3 atom stereocenters. The SMILES string of the molecule is Cc1cc(N)nc(-c2cc3nc(OC[C@@H]4CCCN4C)nc4c3c(c2Cl)OC[C@@H]2CN(C(=O)[C@H](C)N(C)C)CCN42)c1C(F)(F)F. The summed E-state index contributed by atoms with van der Waals surface area (Å²) in [5, 5.41) is 0.396. The van der Waals surface area contributed by atoms with Crippen LogP contribution in [0.4, 0.5) is 24.8 Å². The van der Waals surface area contributed by atoms with Crippen molar-refractivity contribution < 1.29 is 27.4 Å². The summed E-state index contributed by atoms with van der Waals surface area (Å²) < 4.78 is 55.7. The van der Waals surface area contributed by atoms with Gasteiger partial charge in [0.05, 0.1) is 39.3 Å². The van der Waals surface area contributed by atoms with Crippen LogP contribution >= 0.6 is 11.6 Å². The smallest absolute Gasteiger partial charge is 0.418 e. The molecule has 2 N–H and O–H groups in total. The van der Waals surface area contributed by atoms with Gasteiger partial charge in [0.2, 0.25) is 5.91 Å². The number of piperazine rings is 1. The molecule has 0 aliphatic carbocycles. The topological polar surface area (TPSA) is 113 Å². The van der Waals surface area contributed by atoms with Gasteiger partial charge in [-0.05, 0) is 72.1 Å². The van der Waals surface area contributed by atoms with Gasteiger partial charge in [-0.1, -0.05) is 11.6 Å². The summed E-state index contributed by atoms with van der Waals surface area (Å²) in [4.78, 5) is 34.8. The predicted octanol–water partition coefficient (Wildman–Crippen LogP) is 4.09. The maximum absolute atomic E-state index is 14.4. The van der Waals surface area contributed by atoms with Gasteiger partial charge in [-0.2, -0.15) is 23.1 Å². The van der Waals surface area contributed by atoms with Crippen LogP contribution in [0, 0.1) is 6.92 Å². The van der Waals surface area contributed by atoms with E-state index < -0.39 is 17.4 Å². The number of aromatic nitrogens is 3. The van der Waals surface area contributed by atoms with E-state index >= 15 is 0 Å². The lowest BCUT2D eigenvalue weighted by molar-refractivity contribution is -0.138. The molecule has 11 nitrogen and oxygen atoms in total. The molecule has 248 valence electrons. The highest BCUT2D eigenvalue weighted by atomic mass is 35.5. The molecule has 5 heterocycles. The van der Waals surface area contributed by atoms with Crippen molar-refractivity contribution in [3.63, 3.8) is 0 Å². The number of carbonyl (C=O) groups excluding carboxylic acids is 1. The van der Waals surface area contributed by atoms with Crippen LogP contribution < -0.4 is 20.1 Å². The number of hydrogen-bond donors (Lipinski definition) is 1. The third kappa shape index (κ3) is 5.86.